The maximum atomic E-state index is 13.7. The monoisotopic (exact) mass is 615 g/mol. The third-order valence-corrected chi connectivity index (χ3v) is 9.70. The van der Waals surface area contributed by atoms with E-state index in [1.807, 2.05) is 12.1 Å². The van der Waals surface area contributed by atoms with Crippen molar-refractivity contribution >= 4 is 33.4 Å². The first-order chi connectivity index (χ1) is 19.9. The Hall–Kier alpha value is -3.47. The Kier molecular flexibility index (Phi) is 9.91. The Morgan fingerprint density at radius 3 is 2.31 bits per heavy atom. The van der Waals surface area contributed by atoms with Crippen LogP contribution in [0.5, 0.6) is 11.5 Å². The van der Waals surface area contributed by atoms with Crippen molar-refractivity contribution in [3.05, 3.63) is 88.2 Å². The van der Waals surface area contributed by atoms with Crippen LogP contribution >= 0.6 is 11.6 Å². The molecule has 0 radical (unpaired) electrons. The number of halogens is 2. The van der Waals surface area contributed by atoms with E-state index < -0.39 is 21.8 Å². The lowest BCUT2D eigenvalue weighted by molar-refractivity contribution is -0.152. The molecule has 11 heteroatoms. The van der Waals surface area contributed by atoms with Crippen molar-refractivity contribution in [2.24, 2.45) is 0 Å². The zero-order valence-corrected chi connectivity index (χ0v) is 25.7. The first-order valence-corrected chi connectivity index (χ1v) is 15.6. The molecule has 0 saturated carbocycles. The SMILES string of the molecule is CCC(C)c1ccc(S(=O)(=O)N2CCN(C(=O)C(=O)N(C)Cc3ccc(Cl)cc3Oc3ccc(F)c(C)c3)CC2)cc1. The lowest BCUT2D eigenvalue weighted by atomic mass is 9.99. The maximum Gasteiger partial charge on any atom is 0.312 e. The Balaban J connectivity index is 1.38. The number of likely N-dealkylation sites (N-methyl/N-ethyl adjacent to an activating group) is 1. The maximum absolute atomic E-state index is 13.7. The number of hydrogen-bond donors (Lipinski definition) is 0. The zero-order valence-electron chi connectivity index (χ0n) is 24.1. The average Bonchev–Trinajstić information content (AvgIpc) is 2.99. The summed E-state index contributed by atoms with van der Waals surface area (Å²) in [5.74, 6) is -0.682. The number of carbonyl (C=O) groups is 2. The molecule has 1 saturated heterocycles. The molecule has 1 aliphatic rings. The quantitative estimate of drug-likeness (QED) is 0.309. The van der Waals surface area contributed by atoms with E-state index in [-0.39, 0.29) is 43.4 Å². The molecule has 1 atom stereocenters. The van der Waals surface area contributed by atoms with Gasteiger partial charge in [0, 0.05) is 50.4 Å². The summed E-state index contributed by atoms with van der Waals surface area (Å²) >= 11 is 6.17. The van der Waals surface area contributed by atoms with E-state index in [9.17, 15) is 22.4 Å². The largest absolute Gasteiger partial charge is 0.457 e. The molecular formula is C31H35ClFN3O5S. The molecule has 0 bridgehead atoms. The Bertz CT molecular complexity index is 1560. The molecule has 0 spiro atoms. The van der Waals surface area contributed by atoms with Gasteiger partial charge in [0.1, 0.15) is 17.3 Å². The summed E-state index contributed by atoms with van der Waals surface area (Å²) < 4.78 is 47.4. The second kappa shape index (κ2) is 13.2. The molecule has 4 rings (SSSR count). The van der Waals surface area contributed by atoms with E-state index in [2.05, 4.69) is 13.8 Å². The standard InChI is InChI=1S/C31H35ClFN3O5S/c1-5-21(2)23-7-11-27(12-8-23)42(39,40)36-16-14-35(15-17-36)31(38)30(37)34(4)20-24-6-9-25(32)19-29(24)41-26-10-13-28(33)22(3)18-26/h6-13,18-19,21H,5,14-17,20H2,1-4H3. The van der Waals surface area contributed by atoms with Gasteiger partial charge < -0.3 is 14.5 Å². The summed E-state index contributed by atoms with van der Waals surface area (Å²) in [5.41, 5.74) is 2.10. The van der Waals surface area contributed by atoms with Crippen LogP contribution in [0.15, 0.2) is 65.6 Å². The summed E-state index contributed by atoms with van der Waals surface area (Å²) in [7, 11) is -2.22. The van der Waals surface area contributed by atoms with Crippen LogP contribution in [0.4, 0.5) is 4.39 Å². The smallest absolute Gasteiger partial charge is 0.312 e. The molecule has 1 fully saturated rings. The second-order valence-corrected chi connectivity index (χ2v) is 12.9. The average molecular weight is 616 g/mol. The molecule has 1 aliphatic heterocycles. The lowest BCUT2D eigenvalue weighted by Gasteiger charge is -2.34. The van der Waals surface area contributed by atoms with Crippen LogP contribution in [0.25, 0.3) is 0 Å². The highest BCUT2D eigenvalue weighted by Gasteiger charge is 2.33. The number of piperazine rings is 1. The fraction of sp³-hybridized carbons (Fsp3) is 0.355. The first kappa shape index (κ1) is 31.5. The molecule has 0 aliphatic carbocycles. The van der Waals surface area contributed by atoms with Crippen molar-refractivity contribution in [2.45, 2.75) is 44.6 Å². The number of benzene rings is 3. The fourth-order valence-electron chi connectivity index (χ4n) is 4.67. The number of hydrogen-bond acceptors (Lipinski definition) is 5. The number of sulfonamides is 1. The summed E-state index contributed by atoms with van der Waals surface area (Å²) in [6, 6.07) is 16.2. The number of aryl methyl sites for hydroxylation is 1. The lowest BCUT2D eigenvalue weighted by Crippen LogP contribution is -2.53. The van der Waals surface area contributed by atoms with E-state index in [4.69, 9.17) is 16.3 Å². The van der Waals surface area contributed by atoms with Gasteiger partial charge in [0.25, 0.3) is 0 Å². The highest BCUT2D eigenvalue weighted by Crippen LogP contribution is 2.30. The summed E-state index contributed by atoms with van der Waals surface area (Å²) in [5, 5.41) is 0.414. The molecule has 2 amide bonds. The van der Waals surface area contributed by atoms with Crippen LogP contribution in [0.2, 0.25) is 5.02 Å². The third kappa shape index (κ3) is 7.11. The van der Waals surface area contributed by atoms with Crippen LogP contribution in [-0.4, -0.2) is 67.6 Å². The third-order valence-electron chi connectivity index (χ3n) is 7.55. The minimum Gasteiger partial charge on any atom is -0.457 e. The predicted octanol–water partition coefficient (Wildman–Crippen LogP) is 5.58. The number of amides is 2. The zero-order chi connectivity index (χ0) is 30.6. The first-order valence-electron chi connectivity index (χ1n) is 13.8. The van der Waals surface area contributed by atoms with Crippen LogP contribution in [0.3, 0.4) is 0 Å². The fourth-order valence-corrected chi connectivity index (χ4v) is 6.26. The molecular weight excluding hydrogens is 581 g/mol. The molecule has 1 unspecified atom stereocenters. The molecule has 0 N–H and O–H groups in total. The van der Waals surface area contributed by atoms with Gasteiger partial charge in [-0.15, -0.1) is 0 Å². The van der Waals surface area contributed by atoms with Gasteiger partial charge in [0.2, 0.25) is 10.0 Å². The van der Waals surface area contributed by atoms with Crippen molar-refractivity contribution < 1.29 is 27.1 Å². The number of rotatable bonds is 8. The van der Waals surface area contributed by atoms with Gasteiger partial charge in [0.05, 0.1) is 4.90 Å². The van der Waals surface area contributed by atoms with E-state index >= 15 is 0 Å². The van der Waals surface area contributed by atoms with E-state index in [1.165, 1.54) is 33.3 Å². The van der Waals surface area contributed by atoms with E-state index in [0.717, 1.165) is 12.0 Å². The van der Waals surface area contributed by atoms with Gasteiger partial charge in [-0.05, 0) is 72.9 Å². The minimum absolute atomic E-state index is 0.0538. The van der Waals surface area contributed by atoms with Gasteiger partial charge in [-0.25, -0.2) is 12.8 Å². The van der Waals surface area contributed by atoms with Crippen LogP contribution in [-0.2, 0) is 26.2 Å². The number of nitrogens with zero attached hydrogens (tertiary/aromatic N) is 3. The van der Waals surface area contributed by atoms with Crippen LogP contribution < -0.4 is 4.74 Å². The van der Waals surface area contributed by atoms with Crippen molar-refractivity contribution in [2.75, 3.05) is 33.2 Å². The Morgan fingerprint density at radius 2 is 1.69 bits per heavy atom. The molecule has 42 heavy (non-hydrogen) atoms. The van der Waals surface area contributed by atoms with E-state index in [1.54, 1.807) is 43.3 Å². The molecule has 1 heterocycles. The highest BCUT2D eigenvalue weighted by atomic mass is 35.5. The van der Waals surface area contributed by atoms with E-state index in [0.29, 0.717) is 33.6 Å². The minimum atomic E-state index is -3.72. The van der Waals surface area contributed by atoms with Crippen molar-refractivity contribution in [1.29, 1.82) is 0 Å². The van der Waals surface area contributed by atoms with Crippen molar-refractivity contribution in [3.63, 3.8) is 0 Å². The van der Waals surface area contributed by atoms with Gasteiger partial charge >= 0.3 is 11.8 Å². The van der Waals surface area contributed by atoms with Gasteiger partial charge in [0.15, 0.2) is 0 Å². The van der Waals surface area contributed by atoms with Gasteiger partial charge in [-0.2, -0.15) is 4.31 Å². The normalized spacial score (nSPS) is 14.9. The van der Waals surface area contributed by atoms with Gasteiger partial charge in [-0.3, -0.25) is 9.59 Å². The van der Waals surface area contributed by atoms with Crippen LogP contribution in [0, 0.1) is 12.7 Å². The van der Waals surface area contributed by atoms with Gasteiger partial charge in [-0.1, -0.05) is 43.6 Å². The second-order valence-electron chi connectivity index (χ2n) is 10.5. The summed E-state index contributed by atoms with van der Waals surface area (Å²) in [4.78, 5) is 29.0. The molecule has 3 aromatic rings. The molecule has 224 valence electrons. The Labute approximate surface area is 251 Å². The molecule has 8 nitrogen and oxygen atoms in total. The number of ether oxygens (including phenoxy) is 1. The molecule has 0 aromatic heterocycles. The Morgan fingerprint density at radius 1 is 1.02 bits per heavy atom. The summed E-state index contributed by atoms with van der Waals surface area (Å²) in [6.07, 6.45) is 0.959. The predicted molar refractivity (Wildman–Crippen MR) is 160 cm³/mol. The van der Waals surface area contributed by atoms with Crippen molar-refractivity contribution in [1.82, 2.24) is 14.1 Å². The summed E-state index contributed by atoms with van der Waals surface area (Å²) in [6.45, 7) is 6.23. The topological polar surface area (TPSA) is 87.2 Å². The molecule has 3 aromatic carbocycles. The number of carbonyl (C=O) groups excluding carboxylic acids is 2. The van der Waals surface area contributed by atoms with Crippen molar-refractivity contribution in [3.8, 4) is 11.5 Å². The van der Waals surface area contributed by atoms with Crippen LogP contribution in [0.1, 0.15) is 42.9 Å². The highest BCUT2D eigenvalue weighted by molar-refractivity contribution is 7.89.